The van der Waals surface area contributed by atoms with Crippen molar-refractivity contribution in [3.63, 3.8) is 0 Å². The maximum Gasteiger partial charge on any atom is 0.349 e. The molecule has 1 heterocycles. The topological polar surface area (TPSA) is 64.6 Å². The van der Waals surface area contributed by atoms with Crippen molar-refractivity contribution in [2.24, 2.45) is 0 Å². The number of nitrogens with one attached hydrogen (secondary N) is 1. The minimum absolute atomic E-state index is 0.374. The van der Waals surface area contributed by atoms with Gasteiger partial charge in [0, 0.05) is 10.6 Å². The second kappa shape index (κ2) is 8.67. The van der Waals surface area contributed by atoms with Crippen LogP contribution in [-0.4, -0.2) is 25.1 Å². The van der Waals surface area contributed by atoms with Gasteiger partial charge in [0.1, 0.15) is 10.6 Å². The molecule has 1 amide bonds. The lowest BCUT2D eigenvalue weighted by Gasteiger charge is -2.13. The maximum absolute atomic E-state index is 12.3. The molecule has 0 unspecified atom stereocenters. The summed E-state index contributed by atoms with van der Waals surface area (Å²) in [5.41, 5.74) is 1.78. The van der Waals surface area contributed by atoms with Gasteiger partial charge in [-0.25, -0.2) is 4.79 Å². The van der Waals surface area contributed by atoms with Crippen LogP contribution in [0.4, 0.5) is 5.69 Å². The number of anilines is 1. The Morgan fingerprint density at radius 1 is 1.24 bits per heavy atom. The van der Waals surface area contributed by atoms with Gasteiger partial charge in [-0.05, 0) is 56.2 Å². The van der Waals surface area contributed by atoms with Gasteiger partial charge in [0.25, 0.3) is 5.91 Å². The summed E-state index contributed by atoms with van der Waals surface area (Å²) in [7, 11) is 1.58. The number of amides is 1. The zero-order valence-corrected chi connectivity index (χ0v) is 15.7. The SMILES string of the molecule is CCCc1cc(C(=O)O[C@H](C)C(=O)Nc2ccc(OC)cc2)sc1C. The van der Waals surface area contributed by atoms with E-state index in [1.54, 1.807) is 38.3 Å². The number of thiophene rings is 1. The predicted molar refractivity (Wildman–Crippen MR) is 99.6 cm³/mol. The molecule has 6 heteroatoms. The van der Waals surface area contributed by atoms with Crippen LogP contribution in [0.5, 0.6) is 5.75 Å². The summed E-state index contributed by atoms with van der Waals surface area (Å²) < 4.78 is 10.4. The minimum atomic E-state index is -0.883. The van der Waals surface area contributed by atoms with Crippen molar-refractivity contribution in [3.05, 3.63) is 45.6 Å². The van der Waals surface area contributed by atoms with Crippen molar-refractivity contribution in [3.8, 4) is 5.75 Å². The quantitative estimate of drug-likeness (QED) is 0.751. The van der Waals surface area contributed by atoms with Crippen LogP contribution in [0.15, 0.2) is 30.3 Å². The third kappa shape index (κ3) is 5.06. The van der Waals surface area contributed by atoms with Gasteiger partial charge in [-0.3, -0.25) is 4.79 Å². The minimum Gasteiger partial charge on any atom is -0.497 e. The molecule has 1 N–H and O–H groups in total. The smallest absolute Gasteiger partial charge is 0.349 e. The van der Waals surface area contributed by atoms with Gasteiger partial charge in [0.05, 0.1) is 7.11 Å². The third-order valence-corrected chi connectivity index (χ3v) is 4.82. The lowest BCUT2D eigenvalue weighted by Crippen LogP contribution is -2.29. The predicted octanol–water partition coefficient (Wildman–Crippen LogP) is 4.20. The van der Waals surface area contributed by atoms with Gasteiger partial charge < -0.3 is 14.8 Å². The molecule has 1 aromatic carbocycles. The van der Waals surface area contributed by atoms with Gasteiger partial charge in [-0.15, -0.1) is 11.3 Å². The summed E-state index contributed by atoms with van der Waals surface area (Å²) in [4.78, 5) is 26.1. The normalized spacial score (nSPS) is 11.7. The first-order chi connectivity index (χ1) is 11.9. The maximum atomic E-state index is 12.3. The highest BCUT2D eigenvalue weighted by Gasteiger charge is 2.21. The highest BCUT2D eigenvalue weighted by Crippen LogP contribution is 2.24. The highest BCUT2D eigenvalue weighted by molar-refractivity contribution is 7.14. The molecule has 0 aliphatic rings. The van der Waals surface area contributed by atoms with Crippen LogP contribution in [-0.2, 0) is 16.0 Å². The molecule has 0 aliphatic heterocycles. The number of hydrogen-bond acceptors (Lipinski definition) is 5. The second-order valence-electron chi connectivity index (χ2n) is 5.71. The molecule has 134 valence electrons. The Balaban J connectivity index is 1.95. The molecule has 0 saturated heterocycles. The molecular formula is C19H23NO4S. The summed E-state index contributed by atoms with van der Waals surface area (Å²) >= 11 is 1.40. The second-order valence-corrected chi connectivity index (χ2v) is 6.96. The first-order valence-corrected chi connectivity index (χ1v) is 9.01. The molecule has 0 radical (unpaired) electrons. The molecule has 2 rings (SSSR count). The number of rotatable bonds is 7. The molecule has 0 fully saturated rings. The summed E-state index contributed by atoms with van der Waals surface area (Å²) in [5, 5.41) is 2.72. The summed E-state index contributed by atoms with van der Waals surface area (Å²) in [6.45, 7) is 5.65. The molecule has 1 atom stereocenters. The molecule has 2 aromatic rings. The number of hydrogen-bond donors (Lipinski definition) is 1. The van der Waals surface area contributed by atoms with E-state index in [1.165, 1.54) is 11.3 Å². The Bertz CT molecular complexity index is 736. The van der Waals surface area contributed by atoms with E-state index >= 15 is 0 Å². The molecule has 0 saturated carbocycles. The number of aryl methyl sites for hydroxylation is 2. The van der Waals surface area contributed by atoms with Gasteiger partial charge >= 0.3 is 5.97 Å². The van der Waals surface area contributed by atoms with E-state index in [4.69, 9.17) is 9.47 Å². The zero-order chi connectivity index (χ0) is 18.4. The van der Waals surface area contributed by atoms with Crippen LogP contribution in [0.1, 0.15) is 40.4 Å². The fourth-order valence-corrected chi connectivity index (χ4v) is 3.28. The Labute approximate surface area is 152 Å². The van der Waals surface area contributed by atoms with Crippen molar-refractivity contribution >= 4 is 28.9 Å². The van der Waals surface area contributed by atoms with E-state index < -0.39 is 12.1 Å². The Kier molecular flexibility index (Phi) is 6.58. The van der Waals surface area contributed by atoms with E-state index in [-0.39, 0.29) is 5.91 Å². The number of esters is 1. The van der Waals surface area contributed by atoms with Crippen LogP contribution in [0.3, 0.4) is 0 Å². The van der Waals surface area contributed by atoms with Crippen molar-refractivity contribution < 1.29 is 19.1 Å². The molecule has 25 heavy (non-hydrogen) atoms. The van der Waals surface area contributed by atoms with Crippen molar-refractivity contribution in [2.75, 3.05) is 12.4 Å². The monoisotopic (exact) mass is 361 g/mol. The van der Waals surface area contributed by atoms with Crippen LogP contribution >= 0.6 is 11.3 Å². The van der Waals surface area contributed by atoms with Crippen LogP contribution in [0, 0.1) is 6.92 Å². The average Bonchev–Trinajstić information content (AvgIpc) is 2.97. The zero-order valence-electron chi connectivity index (χ0n) is 14.9. The van der Waals surface area contributed by atoms with Crippen LogP contribution < -0.4 is 10.1 Å². The Morgan fingerprint density at radius 3 is 2.52 bits per heavy atom. The summed E-state index contributed by atoms with van der Waals surface area (Å²) in [6, 6.07) is 8.81. The number of methoxy groups -OCH3 is 1. The van der Waals surface area contributed by atoms with Crippen LogP contribution in [0.2, 0.25) is 0 Å². The Hall–Kier alpha value is -2.34. The van der Waals surface area contributed by atoms with Gasteiger partial charge in [-0.2, -0.15) is 0 Å². The van der Waals surface area contributed by atoms with Crippen molar-refractivity contribution in [1.29, 1.82) is 0 Å². The van der Waals surface area contributed by atoms with Crippen molar-refractivity contribution in [2.45, 2.75) is 39.7 Å². The van der Waals surface area contributed by atoms with Crippen molar-refractivity contribution in [1.82, 2.24) is 0 Å². The molecule has 1 aromatic heterocycles. The van der Waals surface area contributed by atoms with Crippen LogP contribution in [0.25, 0.3) is 0 Å². The lowest BCUT2D eigenvalue weighted by molar-refractivity contribution is -0.123. The molecule has 0 spiro atoms. The fourth-order valence-electron chi connectivity index (χ4n) is 2.33. The average molecular weight is 361 g/mol. The van der Waals surface area contributed by atoms with Gasteiger partial charge in [0.2, 0.25) is 0 Å². The van der Waals surface area contributed by atoms with Gasteiger partial charge in [0.15, 0.2) is 6.10 Å². The van der Waals surface area contributed by atoms with E-state index in [2.05, 4.69) is 12.2 Å². The van der Waals surface area contributed by atoms with E-state index in [1.807, 2.05) is 13.0 Å². The number of benzene rings is 1. The largest absolute Gasteiger partial charge is 0.497 e. The van der Waals surface area contributed by atoms with E-state index in [0.29, 0.717) is 16.3 Å². The number of ether oxygens (including phenoxy) is 2. The van der Waals surface area contributed by atoms with E-state index in [0.717, 1.165) is 23.3 Å². The number of carbonyl (C=O) groups is 2. The van der Waals surface area contributed by atoms with E-state index in [9.17, 15) is 9.59 Å². The third-order valence-electron chi connectivity index (χ3n) is 3.75. The first kappa shape index (κ1) is 19.0. The fraction of sp³-hybridized carbons (Fsp3) is 0.368. The number of carbonyl (C=O) groups excluding carboxylic acids is 2. The summed E-state index contributed by atoms with van der Waals surface area (Å²) in [6.07, 6.45) is 1.07. The summed E-state index contributed by atoms with van der Waals surface area (Å²) in [5.74, 6) is -0.137. The highest BCUT2D eigenvalue weighted by atomic mass is 32.1. The molecule has 0 aliphatic carbocycles. The molecule has 0 bridgehead atoms. The standard InChI is InChI=1S/C19H23NO4S/c1-5-6-14-11-17(25-13(14)3)19(22)24-12(2)18(21)20-15-7-9-16(23-4)10-8-15/h7-12H,5-6H2,1-4H3,(H,20,21)/t12-/m1/s1. The molecular weight excluding hydrogens is 338 g/mol. The van der Waals surface area contributed by atoms with Gasteiger partial charge in [-0.1, -0.05) is 13.3 Å². The lowest BCUT2D eigenvalue weighted by atomic mass is 10.1. The molecule has 5 nitrogen and oxygen atoms in total. The first-order valence-electron chi connectivity index (χ1n) is 8.19. The Morgan fingerprint density at radius 2 is 1.92 bits per heavy atom.